The summed E-state index contributed by atoms with van der Waals surface area (Å²) in [5.74, 6) is -2.62. The van der Waals surface area contributed by atoms with Crippen molar-refractivity contribution in [3.05, 3.63) is 53.9 Å². The molecule has 0 spiro atoms. The zero-order valence-electron chi connectivity index (χ0n) is 12.0. The summed E-state index contributed by atoms with van der Waals surface area (Å²) < 4.78 is 1.30. The quantitative estimate of drug-likeness (QED) is 0.630. The number of carbonyl (C=O) groups is 2. The molecule has 0 fully saturated rings. The molecule has 2 aromatic heterocycles. The molecule has 3 aromatic rings. The van der Waals surface area contributed by atoms with E-state index in [-0.39, 0.29) is 28.5 Å². The fraction of sp³-hybridized carbons (Fsp3) is 0. The SMILES string of the molecule is O=C(O)c1ccc(N=Nc2c(C(=O)O)nc3c(O)cccn23)cc1. The van der Waals surface area contributed by atoms with Crippen molar-refractivity contribution in [2.45, 2.75) is 0 Å². The van der Waals surface area contributed by atoms with E-state index in [1.54, 1.807) is 0 Å². The van der Waals surface area contributed by atoms with Crippen LogP contribution < -0.4 is 0 Å². The zero-order chi connectivity index (χ0) is 17.3. The molecular weight excluding hydrogens is 316 g/mol. The number of hydrogen-bond donors (Lipinski definition) is 3. The van der Waals surface area contributed by atoms with Crippen molar-refractivity contribution in [3.8, 4) is 5.75 Å². The minimum Gasteiger partial charge on any atom is -0.504 e. The Kier molecular flexibility index (Phi) is 3.66. The van der Waals surface area contributed by atoms with E-state index in [4.69, 9.17) is 5.11 Å². The van der Waals surface area contributed by atoms with Crippen LogP contribution in [0.2, 0.25) is 0 Å². The number of aromatic hydroxyl groups is 1. The standard InChI is InChI=1S/C15H10N4O5/c20-10-2-1-7-19-12(10)16-11(15(23)24)13(19)18-17-9-5-3-8(4-6-9)14(21)22/h1-7,20H,(H,21,22)(H,23,24). The van der Waals surface area contributed by atoms with Crippen LogP contribution in [0.3, 0.4) is 0 Å². The predicted octanol–water partition coefficient (Wildman–Crippen LogP) is 2.85. The second-order valence-corrected chi connectivity index (χ2v) is 4.73. The molecular formula is C15H10N4O5. The number of aromatic nitrogens is 2. The number of aromatic carboxylic acids is 2. The van der Waals surface area contributed by atoms with E-state index in [1.807, 2.05) is 0 Å². The second kappa shape index (κ2) is 5.80. The van der Waals surface area contributed by atoms with Gasteiger partial charge in [0.2, 0.25) is 0 Å². The molecule has 0 radical (unpaired) electrons. The third-order valence-corrected chi connectivity index (χ3v) is 3.18. The maximum Gasteiger partial charge on any atom is 0.358 e. The van der Waals surface area contributed by atoms with Crippen LogP contribution in [0.15, 0.2) is 52.8 Å². The monoisotopic (exact) mass is 326 g/mol. The number of azo groups is 1. The van der Waals surface area contributed by atoms with E-state index >= 15 is 0 Å². The Morgan fingerprint density at radius 3 is 2.33 bits per heavy atom. The molecule has 0 aliphatic rings. The lowest BCUT2D eigenvalue weighted by Gasteiger charge is -1.98. The van der Waals surface area contributed by atoms with Crippen LogP contribution in [0.5, 0.6) is 5.75 Å². The summed E-state index contributed by atoms with van der Waals surface area (Å²) in [6.45, 7) is 0. The number of pyridine rings is 1. The van der Waals surface area contributed by atoms with E-state index in [1.165, 1.54) is 47.0 Å². The molecule has 0 amide bonds. The molecule has 0 bridgehead atoms. The first-order valence-corrected chi connectivity index (χ1v) is 6.66. The Morgan fingerprint density at radius 1 is 1.00 bits per heavy atom. The average Bonchev–Trinajstić information content (AvgIpc) is 2.93. The maximum atomic E-state index is 11.3. The number of rotatable bonds is 4. The fourth-order valence-corrected chi connectivity index (χ4v) is 2.06. The molecule has 0 aliphatic carbocycles. The van der Waals surface area contributed by atoms with Crippen LogP contribution >= 0.6 is 0 Å². The smallest absolute Gasteiger partial charge is 0.358 e. The van der Waals surface area contributed by atoms with E-state index in [0.29, 0.717) is 5.69 Å². The minimum atomic E-state index is -1.31. The van der Waals surface area contributed by atoms with E-state index in [2.05, 4.69) is 15.2 Å². The molecule has 2 heterocycles. The zero-order valence-corrected chi connectivity index (χ0v) is 12.0. The van der Waals surface area contributed by atoms with Gasteiger partial charge in [-0.05, 0) is 36.4 Å². The number of carboxylic acids is 2. The van der Waals surface area contributed by atoms with Gasteiger partial charge in [0.25, 0.3) is 0 Å². The van der Waals surface area contributed by atoms with Gasteiger partial charge in [0, 0.05) is 6.20 Å². The fourth-order valence-electron chi connectivity index (χ4n) is 2.06. The van der Waals surface area contributed by atoms with E-state index < -0.39 is 11.9 Å². The summed E-state index contributed by atoms with van der Waals surface area (Å²) in [6, 6.07) is 8.47. The molecule has 0 saturated carbocycles. The van der Waals surface area contributed by atoms with Gasteiger partial charge in [-0.3, -0.25) is 4.40 Å². The van der Waals surface area contributed by atoms with Gasteiger partial charge >= 0.3 is 11.9 Å². The molecule has 9 heteroatoms. The topological polar surface area (TPSA) is 137 Å². The highest BCUT2D eigenvalue weighted by Crippen LogP contribution is 2.28. The van der Waals surface area contributed by atoms with Gasteiger partial charge in [0.05, 0.1) is 11.3 Å². The average molecular weight is 326 g/mol. The number of fused-ring (bicyclic) bond motifs is 1. The first-order valence-electron chi connectivity index (χ1n) is 6.66. The summed E-state index contributed by atoms with van der Waals surface area (Å²) in [6.07, 6.45) is 1.50. The highest BCUT2D eigenvalue weighted by Gasteiger charge is 2.19. The lowest BCUT2D eigenvalue weighted by Crippen LogP contribution is -1.96. The Bertz CT molecular complexity index is 975. The number of hydrogen-bond acceptors (Lipinski definition) is 6. The van der Waals surface area contributed by atoms with Crippen LogP contribution in [-0.2, 0) is 0 Å². The first kappa shape index (κ1) is 15.2. The van der Waals surface area contributed by atoms with Crippen LogP contribution in [0, 0.1) is 0 Å². The van der Waals surface area contributed by atoms with Crippen molar-refractivity contribution in [2.24, 2.45) is 10.2 Å². The highest BCUT2D eigenvalue weighted by atomic mass is 16.4. The largest absolute Gasteiger partial charge is 0.504 e. The molecule has 120 valence electrons. The van der Waals surface area contributed by atoms with E-state index in [9.17, 15) is 19.8 Å². The summed E-state index contributed by atoms with van der Waals surface area (Å²) in [5, 5.41) is 35.6. The third kappa shape index (κ3) is 2.65. The molecule has 3 N–H and O–H groups in total. The van der Waals surface area contributed by atoms with Crippen LogP contribution in [-0.4, -0.2) is 36.6 Å². The Morgan fingerprint density at radius 2 is 1.71 bits per heavy atom. The van der Waals surface area contributed by atoms with E-state index in [0.717, 1.165) is 0 Å². The molecule has 9 nitrogen and oxygen atoms in total. The maximum absolute atomic E-state index is 11.3. The molecule has 0 saturated heterocycles. The van der Waals surface area contributed by atoms with Crippen molar-refractivity contribution < 1.29 is 24.9 Å². The van der Waals surface area contributed by atoms with Gasteiger partial charge in [-0.15, -0.1) is 10.2 Å². The first-order chi connectivity index (χ1) is 11.5. The predicted molar refractivity (Wildman–Crippen MR) is 81.4 cm³/mol. The molecule has 0 aliphatic heterocycles. The highest BCUT2D eigenvalue weighted by molar-refractivity contribution is 5.92. The van der Waals surface area contributed by atoms with Gasteiger partial charge < -0.3 is 15.3 Å². The third-order valence-electron chi connectivity index (χ3n) is 3.18. The lowest BCUT2D eigenvalue weighted by atomic mass is 10.2. The van der Waals surface area contributed by atoms with Gasteiger partial charge in [-0.1, -0.05) is 0 Å². The van der Waals surface area contributed by atoms with Crippen LogP contribution in [0.4, 0.5) is 11.5 Å². The molecule has 24 heavy (non-hydrogen) atoms. The number of imidazole rings is 1. The summed E-state index contributed by atoms with van der Waals surface area (Å²) in [5.41, 5.74) is 0.124. The van der Waals surface area contributed by atoms with Crippen molar-refractivity contribution in [3.63, 3.8) is 0 Å². The van der Waals surface area contributed by atoms with Crippen LogP contribution in [0.1, 0.15) is 20.8 Å². The molecule has 0 unspecified atom stereocenters. The van der Waals surface area contributed by atoms with Crippen molar-refractivity contribution >= 4 is 29.1 Å². The number of nitrogens with zero attached hydrogens (tertiary/aromatic N) is 4. The molecule has 0 atom stereocenters. The molecule has 1 aromatic carbocycles. The van der Waals surface area contributed by atoms with Gasteiger partial charge in [0.1, 0.15) is 0 Å². The normalized spacial score (nSPS) is 11.2. The Hall–Kier alpha value is -3.75. The Balaban J connectivity index is 2.05. The number of carboxylic acid groups (broad SMARTS) is 2. The Labute approximate surface area is 134 Å². The summed E-state index contributed by atoms with van der Waals surface area (Å²) in [7, 11) is 0. The van der Waals surface area contributed by atoms with Gasteiger partial charge in [-0.25, -0.2) is 14.6 Å². The summed E-state index contributed by atoms with van der Waals surface area (Å²) in [4.78, 5) is 26.0. The van der Waals surface area contributed by atoms with Gasteiger partial charge in [-0.2, -0.15) is 0 Å². The summed E-state index contributed by atoms with van der Waals surface area (Å²) >= 11 is 0. The number of benzene rings is 1. The van der Waals surface area contributed by atoms with Crippen molar-refractivity contribution in [1.82, 2.24) is 9.38 Å². The van der Waals surface area contributed by atoms with Crippen molar-refractivity contribution in [2.75, 3.05) is 0 Å². The second-order valence-electron chi connectivity index (χ2n) is 4.73. The van der Waals surface area contributed by atoms with Crippen molar-refractivity contribution in [1.29, 1.82) is 0 Å². The van der Waals surface area contributed by atoms with Gasteiger partial charge in [0.15, 0.2) is 22.9 Å². The lowest BCUT2D eigenvalue weighted by molar-refractivity contribution is 0.0683. The minimum absolute atomic E-state index is 0.0464. The molecule has 3 rings (SSSR count). The van der Waals surface area contributed by atoms with Crippen LogP contribution in [0.25, 0.3) is 5.65 Å².